The fourth-order valence-corrected chi connectivity index (χ4v) is 6.41. The molecule has 6 aromatic carbocycles. The van der Waals surface area contributed by atoms with E-state index in [1.165, 1.54) is 8.96 Å². The van der Waals surface area contributed by atoms with Gasteiger partial charge in [-0.15, -0.1) is 0 Å². The number of aryl methyl sites for hydroxylation is 1. The van der Waals surface area contributed by atoms with Gasteiger partial charge in [-0.2, -0.15) is 5.53 Å². The number of benzene rings is 6. The highest BCUT2D eigenvalue weighted by Crippen LogP contribution is 2.42. The fraction of sp³-hybridized carbons (Fsp3) is 0.0303. The molecule has 276 valence electrons. The summed E-state index contributed by atoms with van der Waals surface area (Å²) in [7, 11) is 0. The van der Waals surface area contributed by atoms with Gasteiger partial charge in [0.1, 0.15) is 27.7 Å². The molecular weight excluding hydrogens is 839 g/mol. The van der Waals surface area contributed by atoms with Gasteiger partial charge in [0.15, 0.2) is 0 Å². The maximum Gasteiger partial charge on any atom is 0.284 e. The van der Waals surface area contributed by atoms with E-state index < -0.39 is 0 Å². The van der Waals surface area contributed by atoms with Crippen molar-refractivity contribution in [2.24, 2.45) is 84.2 Å². The molecule has 0 bridgehead atoms. The first-order chi connectivity index (χ1) is 28.3. The number of hydrogen-bond acceptors (Lipinski definition) is 6. The molecule has 0 spiro atoms. The monoisotopic (exact) mass is 864 g/mol. The Morgan fingerprint density at radius 2 is 1.07 bits per heavy atom. The summed E-state index contributed by atoms with van der Waals surface area (Å²) in [5.74, 6) is 4.58. The predicted molar refractivity (Wildman–Crippen MR) is 210 cm³/mol. The topological polar surface area (TPSA) is 305 Å². The van der Waals surface area contributed by atoms with Crippen molar-refractivity contribution in [2.75, 3.05) is 0 Å². The van der Waals surface area contributed by atoms with Gasteiger partial charge < -0.3 is 14.7 Å². The van der Waals surface area contributed by atoms with Crippen LogP contribution in [0.3, 0.4) is 0 Å². The molecule has 0 aliphatic rings. The number of halogens is 1. The quantitative estimate of drug-likeness (QED) is 0.0493. The first-order valence-electron chi connectivity index (χ1n) is 16.6. The van der Waals surface area contributed by atoms with E-state index in [0.717, 1.165) is 32.5 Å². The van der Waals surface area contributed by atoms with Crippen LogP contribution in [0.5, 0.6) is 0 Å². The molecule has 3 N–H and O–H groups in total. The largest absolute Gasteiger partial charge is 0.455 e. The summed E-state index contributed by atoms with van der Waals surface area (Å²) in [6, 6.07) is 29.3. The number of hydrogen-bond donors (Lipinski definition) is 2. The molecule has 0 radical (unpaired) electrons. The SMILES string of the molecule is N=N/N=N/N=N/N=N/N=N/N=N/N=N/N=N/N.[2H]c1cccc2c1oc1c3ccccc3c(C)c([N+](=O)[O-])c21.[2H]c1cccc2c1oc1c3ccccc3c(I)cc21. The molecule has 0 atom stereocenters. The van der Waals surface area contributed by atoms with Gasteiger partial charge in [-0.25, -0.2) is 0 Å². The van der Waals surface area contributed by atoms with E-state index in [2.05, 4.69) is 125 Å². The van der Waals surface area contributed by atoms with Gasteiger partial charge in [0.05, 0.1) is 7.66 Å². The van der Waals surface area contributed by atoms with Gasteiger partial charge in [-0.1, -0.05) is 90.2 Å². The summed E-state index contributed by atoms with van der Waals surface area (Å²) in [6.45, 7) is 1.75. The zero-order chi connectivity index (χ0) is 41.0. The summed E-state index contributed by atoms with van der Waals surface area (Å²) in [5.41, 5.74) is 9.25. The Labute approximate surface area is 328 Å². The lowest BCUT2D eigenvalue weighted by Crippen LogP contribution is -1.94. The molecule has 0 aliphatic carbocycles. The molecule has 8 rings (SSSR count). The van der Waals surface area contributed by atoms with Crippen LogP contribution in [-0.2, 0) is 0 Å². The minimum Gasteiger partial charge on any atom is -0.455 e. The summed E-state index contributed by atoms with van der Waals surface area (Å²) in [5, 5.41) is 62.0. The van der Waals surface area contributed by atoms with Crippen molar-refractivity contribution in [3.8, 4) is 0 Å². The number of nitrogens with one attached hydrogen (secondary N) is 1. The third kappa shape index (κ3) is 8.36. The number of nitro benzene ring substituents is 1. The van der Waals surface area contributed by atoms with E-state index in [1.54, 1.807) is 31.2 Å². The number of fused-ring (bicyclic) bond motifs is 10. The van der Waals surface area contributed by atoms with Crippen LogP contribution in [-0.4, -0.2) is 4.92 Å². The minimum atomic E-state index is -0.365. The van der Waals surface area contributed by atoms with Gasteiger partial charge in [0.2, 0.25) is 0 Å². The van der Waals surface area contributed by atoms with Crippen LogP contribution in [0.2, 0.25) is 0 Å². The molecule has 56 heavy (non-hydrogen) atoms. The number of furan rings is 2. The number of nitrogens with zero attached hydrogens (tertiary/aromatic N) is 16. The van der Waals surface area contributed by atoms with Crippen LogP contribution >= 0.6 is 22.6 Å². The number of para-hydroxylation sites is 2. The lowest BCUT2D eigenvalue weighted by Gasteiger charge is -2.05. The molecule has 2 aromatic heterocycles. The third-order valence-electron chi connectivity index (χ3n) is 7.70. The lowest BCUT2D eigenvalue weighted by atomic mass is 9.99. The molecule has 2 heterocycles. The second kappa shape index (κ2) is 18.3. The van der Waals surface area contributed by atoms with Gasteiger partial charge in [0, 0.05) is 36.1 Å². The maximum atomic E-state index is 11.6. The Hall–Kier alpha value is -7.83. The van der Waals surface area contributed by atoms with Crippen molar-refractivity contribution >= 4 is 93.7 Å². The number of nitrogens with two attached hydrogens (primary N) is 1. The van der Waals surface area contributed by atoms with Crippen molar-refractivity contribution in [2.45, 2.75) is 6.92 Å². The summed E-state index contributed by atoms with van der Waals surface area (Å²) in [6.07, 6.45) is 0. The van der Waals surface area contributed by atoms with E-state index >= 15 is 0 Å². The van der Waals surface area contributed by atoms with Gasteiger partial charge in [-0.05, 0) is 132 Å². The highest BCUT2D eigenvalue weighted by molar-refractivity contribution is 14.1. The van der Waals surface area contributed by atoms with Crippen molar-refractivity contribution in [1.29, 1.82) is 5.53 Å². The van der Waals surface area contributed by atoms with Crippen molar-refractivity contribution < 1.29 is 16.5 Å². The van der Waals surface area contributed by atoms with E-state index in [4.69, 9.17) is 17.1 Å². The van der Waals surface area contributed by atoms with Crippen LogP contribution in [0.1, 0.15) is 8.30 Å². The van der Waals surface area contributed by atoms with E-state index in [9.17, 15) is 10.1 Å². The molecule has 0 amide bonds. The first kappa shape index (κ1) is 35.2. The van der Waals surface area contributed by atoms with Crippen molar-refractivity contribution in [3.05, 3.63) is 122 Å². The normalized spacial score (nSPS) is 12.8. The first-order valence-corrected chi connectivity index (χ1v) is 16.7. The average molecular weight is 865 g/mol. The zero-order valence-electron chi connectivity index (χ0n) is 30.4. The van der Waals surface area contributed by atoms with Gasteiger partial charge in [0.25, 0.3) is 5.69 Å². The van der Waals surface area contributed by atoms with Crippen LogP contribution in [0, 0.1) is 26.1 Å². The molecule has 0 saturated carbocycles. The maximum absolute atomic E-state index is 11.6. The molecule has 23 heteroatoms. The third-order valence-corrected chi connectivity index (χ3v) is 8.59. The minimum absolute atomic E-state index is 0.0538. The van der Waals surface area contributed by atoms with Gasteiger partial charge in [-0.3, -0.25) is 10.1 Å². The average Bonchev–Trinajstić information content (AvgIpc) is 3.81. The van der Waals surface area contributed by atoms with Gasteiger partial charge >= 0.3 is 0 Å². The second-order valence-corrected chi connectivity index (χ2v) is 11.8. The summed E-state index contributed by atoms with van der Waals surface area (Å²) < 4.78 is 29.0. The molecule has 8 aromatic rings. The molecule has 22 nitrogen and oxygen atoms in total. The van der Waals surface area contributed by atoms with Crippen LogP contribution < -0.4 is 5.84 Å². The Morgan fingerprint density at radius 1 is 0.625 bits per heavy atom. The van der Waals surface area contributed by atoms with E-state index in [0.29, 0.717) is 39.1 Å². The Kier molecular flexibility index (Phi) is 11.5. The molecular formula is C33H23IN18O4. The van der Waals surface area contributed by atoms with Crippen molar-refractivity contribution in [1.82, 2.24) is 0 Å². The molecule has 0 unspecified atom stereocenters. The Balaban J connectivity index is 0.000000148. The molecule has 0 fully saturated rings. The summed E-state index contributed by atoms with van der Waals surface area (Å²) in [4.78, 5) is 11.3. The fourth-order valence-electron chi connectivity index (χ4n) is 5.63. The summed E-state index contributed by atoms with van der Waals surface area (Å²) >= 11 is 2.36. The zero-order valence-corrected chi connectivity index (χ0v) is 30.6. The Bertz CT molecular complexity index is 3050. The standard InChI is InChI=1S/C17H11NO3.C16H9IO.H3N17/c1-10-11-6-2-3-7-12(11)17-15(16(10)18(19)20)13-8-4-5-9-14(13)21-17;17-14-9-13-11-6-3-4-8-15(11)18-16(13)12-7-2-1-5-10(12)14;1-3-5-7-9-11-13-15-17-16-14-12-10-8-6-4-2/h2-9H,1H3;1-9H;(H3,1,2,5,6,9,10,13,14,17)/i9D;8D;. The highest BCUT2D eigenvalue weighted by Gasteiger charge is 2.25. The number of rotatable bonds is 8. The predicted octanol–water partition coefficient (Wildman–Crippen LogP) is 12.8. The lowest BCUT2D eigenvalue weighted by molar-refractivity contribution is -0.383. The smallest absolute Gasteiger partial charge is 0.284 e. The second-order valence-electron chi connectivity index (χ2n) is 10.7. The number of nitro groups is 1. The Morgan fingerprint density at radius 3 is 1.64 bits per heavy atom. The van der Waals surface area contributed by atoms with E-state index in [-0.39, 0.29) is 16.7 Å². The van der Waals surface area contributed by atoms with Crippen LogP contribution in [0.4, 0.5) is 5.69 Å². The van der Waals surface area contributed by atoms with Crippen LogP contribution in [0.15, 0.2) is 190 Å². The molecule has 0 saturated heterocycles. The van der Waals surface area contributed by atoms with Crippen molar-refractivity contribution in [3.63, 3.8) is 0 Å². The highest BCUT2D eigenvalue weighted by atomic mass is 127. The van der Waals surface area contributed by atoms with E-state index in [1.807, 2.05) is 48.5 Å². The molecule has 0 aliphatic heterocycles. The van der Waals surface area contributed by atoms with Crippen LogP contribution in [0.25, 0.3) is 65.4 Å².